The van der Waals surface area contributed by atoms with Gasteiger partial charge in [-0.1, -0.05) is 25.0 Å². The molecule has 1 saturated carbocycles. The maximum atomic E-state index is 11.4. The van der Waals surface area contributed by atoms with E-state index in [2.05, 4.69) is 5.32 Å². The molecule has 92 valence electrons. The Bertz CT molecular complexity index is 372. The van der Waals surface area contributed by atoms with Crippen LogP contribution >= 0.6 is 0 Å². The SMILES string of the molecule is NCc1ccc(NC(=O)OCCC2CC2)cc1. The summed E-state index contributed by atoms with van der Waals surface area (Å²) in [7, 11) is 0. The van der Waals surface area contributed by atoms with Crippen molar-refractivity contribution in [3.63, 3.8) is 0 Å². The lowest BCUT2D eigenvalue weighted by Gasteiger charge is -2.07. The molecule has 1 aromatic carbocycles. The standard InChI is InChI=1S/C13H18N2O2/c14-9-11-3-5-12(6-4-11)15-13(16)17-8-7-10-1-2-10/h3-6,10H,1-2,7-9,14H2,(H,15,16). The molecule has 1 aliphatic rings. The number of amides is 1. The number of rotatable bonds is 5. The van der Waals surface area contributed by atoms with Crippen LogP contribution in [0.15, 0.2) is 24.3 Å². The summed E-state index contributed by atoms with van der Waals surface area (Å²) in [6.07, 6.45) is 3.17. The molecule has 3 N–H and O–H groups in total. The van der Waals surface area contributed by atoms with Gasteiger partial charge in [0.2, 0.25) is 0 Å². The van der Waals surface area contributed by atoms with Crippen molar-refractivity contribution in [2.45, 2.75) is 25.8 Å². The topological polar surface area (TPSA) is 64.3 Å². The van der Waals surface area contributed by atoms with Crippen molar-refractivity contribution in [2.75, 3.05) is 11.9 Å². The van der Waals surface area contributed by atoms with Gasteiger partial charge in [0.15, 0.2) is 0 Å². The smallest absolute Gasteiger partial charge is 0.411 e. The Balaban J connectivity index is 1.72. The first-order chi connectivity index (χ1) is 8.28. The monoisotopic (exact) mass is 234 g/mol. The molecule has 1 amide bonds. The van der Waals surface area contributed by atoms with Crippen molar-refractivity contribution in [1.29, 1.82) is 0 Å². The van der Waals surface area contributed by atoms with E-state index in [0.29, 0.717) is 13.2 Å². The van der Waals surface area contributed by atoms with Crippen LogP contribution in [0.3, 0.4) is 0 Å². The lowest BCUT2D eigenvalue weighted by molar-refractivity contribution is 0.158. The maximum absolute atomic E-state index is 11.4. The summed E-state index contributed by atoms with van der Waals surface area (Å²) in [5, 5.41) is 2.69. The molecule has 4 nitrogen and oxygen atoms in total. The third-order valence-corrected chi connectivity index (χ3v) is 2.89. The fourth-order valence-electron chi connectivity index (χ4n) is 1.60. The Hall–Kier alpha value is -1.55. The molecule has 4 heteroatoms. The number of nitrogens with two attached hydrogens (primary N) is 1. The third-order valence-electron chi connectivity index (χ3n) is 2.89. The normalized spacial score (nSPS) is 14.4. The molecule has 0 aliphatic heterocycles. The number of nitrogens with one attached hydrogen (secondary N) is 1. The highest BCUT2D eigenvalue weighted by atomic mass is 16.5. The second kappa shape index (κ2) is 5.68. The molecule has 0 radical (unpaired) electrons. The first-order valence-electron chi connectivity index (χ1n) is 6.00. The number of hydrogen-bond acceptors (Lipinski definition) is 3. The lowest BCUT2D eigenvalue weighted by Crippen LogP contribution is -2.14. The zero-order valence-electron chi connectivity index (χ0n) is 9.82. The average Bonchev–Trinajstić information content (AvgIpc) is 3.14. The first kappa shape index (κ1) is 11.9. The van der Waals surface area contributed by atoms with Crippen LogP contribution in [0.1, 0.15) is 24.8 Å². The summed E-state index contributed by atoms with van der Waals surface area (Å²) in [5.41, 5.74) is 7.26. The van der Waals surface area contributed by atoms with Gasteiger partial charge in [-0.2, -0.15) is 0 Å². The van der Waals surface area contributed by atoms with E-state index in [9.17, 15) is 4.79 Å². The number of carbonyl (C=O) groups excluding carboxylic acids is 1. The van der Waals surface area contributed by atoms with E-state index in [1.807, 2.05) is 24.3 Å². The molecule has 0 heterocycles. The molecule has 1 aliphatic carbocycles. The van der Waals surface area contributed by atoms with Crippen LogP contribution in [0, 0.1) is 5.92 Å². The molecule has 0 aromatic heterocycles. The Kier molecular flexibility index (Phi) is 3.98. The molecule has 1 fully saturated rings. The van der Waals surface area contributed by atoms with Gasteiger partial charge in [-0.25, -0.2) is 4.79 Å². The first-order valence-corrected chi connectivity index (χ1v) is 6.00. The lowest BCUT2D eigenvalue weighted by atomic mass is 10.2. The van der Waals surface area contributed by atoms with Crippen molar-refractivity contribution in [2.24, 2.45) is 11.7 Å². The Morgan fingerprint density at radius 3 is 2.65 bits per heavy atom. The minimum atomic E-state index is -0.383. The van der Waals surface area contributed by atoms with Gasteiger partial charge in [-0.3, -0.25) is 5.32 Å². The van der Waals surface area contributed by atoms with Gasteiger partial charge in [-0.15, -0.1) is 0 Å². The summed E-state index contributed by atoms with van der Waals surface area (Å²) in [5.74, 6) is 0.784. The minimum absolute atomic E-state index is 0.383. The average molecular weight is 234 g/mol. The molecule has 0 spiro atoms. The second-order valence-corrected chi connectivity index (χ2v) is 4.39. The highest BCUT2D eigenvalue weighted by Crippen LogP contribution is 2.32. The number of ether oxygens (including phenoxy) is 1. The number of carbonyl (C=O) groups is 1. The fraction of sp³-hybridized carbons (Fsp3) is 0.462. The highest BCUT2D eigenvalue weighted by Gasteiger charge is 2.21. The van der Waals surface area contributed by atoms with Crippen molar-refractivity contribution >= 4 is 11.8 Å². The predicted octanol–water partition coefficient (Wildman–Crippen LogP) is 2.49. The molecule has 17 heavy (non-hydrogen) atoms. The van der Waals surface area contributed by atoms with Gasteiger partial charge in [0.1, 0.15) is 0 Å². The van der Waals surface area contributed by atoms with Crippen LogP contribution in [-0.4, -0.2) is 12.7 Å². The van der Waals surface area contributed by atoms with Crippen LogP contribution in [0.2, 0.25) is 0 Å². The molecule has 0 saturated heterocycles. The van der Waals surface area contributed by atoms with Gasteiger partial charge in [-0.05, 0) is 30.0 Å². The van der Waals surface area contributed by atoms with Gasteiger partial charge in [0, 0.05) is 12.2 Å². The summed E-state index contributed by atoms with van der Waals surface area (Å²) < 4.78 is 5.08. The molecule has 0 unspecified atom stereocenters. The van der Waals surface area contributed by atoms with Crippen LogP contribution in [0.5, 0.6) is 0 Å². The molecule has 1 aromatic rings. The van der Waals surface area contributed by atoms with Crippen LogP contribution < -0.4 is 11.1 Å². The van der Waals surface area contributed by atoms with Crippen molar-refractivity contribution in [3.8, 4) is 0 Å². The predicted molar refractivity (Wildman–Crippen MR) is 66.6 cm³/mol. The Morgan fingerprint density at radius 2 is 2.06 bits per heavy atom. The summed E-state index contributed by atoms with van der Waals surface area (Å²) in [6, 6.07) is 7.42. The van der Waals surface area contributed by atoms with E-state index in [4.69, 9.17) is 10.5 Å². The van der Waals surface area contributed by atoms with E-state index in [1.54, 1.807) is 0 Å². The van der Waals surface area contributed by atoms with Crippen molar-refractivity contribution < 1.29 is 9.53 Å². The third kappa shape index (κ3) is 4.07. The summed E-state index contributed by atoms with van der Waals surface area (Å²) in [4.78, 5) is 11.4. The number of anilines is 1. The van der Waals surface area contributed by atoms with E-state index >= 15 is 0 Å². The maximum Gasteiger partial charge on any atom is 0.411 e. The van der Waals surface area contributed by atoms with Crippen LogP contribution in [0.4, 0.5) is 10.5 Å². The summed E-state index contributed by atoms with van der Waals surface area (Å²) in [6.45, 7) is 1.02. The Labute approximate surface area is 101 Å². The highest BCUT2D eigenvalue weighted by molar-refractivity contribution is 5.84. The molecule has 0 bridgehead atoms. The van der Waals surface area contributed by atoms with Gasteiger partial charge >= 0.3 is 6.09 Å². The van der Waals surface area contributed by atoms with E-state index in [-0.39, 0.29) is 6.09 Å². The molecular formula is C13H18N2O2. The van der Waals surface area contributed by atoms with Crippen molar-refractivity contribution in [3.05, 3.63) is 29.8 Å². The van der Waals surface area contributed by atoms with Gasteiger partial charge < -0.3 is 10.5 Å². The zero-order chi connectivity index (χ0) is 12.1. The largest absolute Gasteiger partial charge is 0.449 e. The van der Waals surface area contributed by atoms with Crippen LogP contribution in [0.25, 0.3) is 0 Å². The van der Waals surface area contributed by atoms with Crippen molar-refractivity contribution in [1.82, 2.24) is 0 Å². The second-order valence-electron chi connectivity index (χ2n) is 4.39. The number of hydrogen-bond donors (Lipinski definition) is 2. The molecular weight excluding hydrogens is 216 g/mol. The molecule has 0 atom stereocenters. The minimum Gasteiger partial charge on any atom is -0.449 e. The quantitative estimate of drug-likeness (QED) is 0.822. The van der Waals surface area contributed by atoms with Crippen LogP contribution in [-0.2, 0) is 11.3 Å². The van der Waals surface area contributed by atoms with Gasteiger partial charge in [0.05, 0.1) is 6.61 Å². The van der Waals surface area contributed by atoms with Gasteiger partial charge in [0.25, 0.3) is 0 Å². The van der Waals surface area contributed by atoms with E-state index in [1.165, 1.54) is 12.8 Å². The van der Waals surface area contributed by atoms with E-state index < -0.39 is 0 Å². The van der Waals surface area contributed by atoms with E-state index in [0.717, 1.165) is 23.6 Å². The number of benzene rings is 1. The fourth-order valence-corrected chi connectivity index (χ4v) is 1.60. The summed E-state index contributed by atoms with van der Waals surface area (Å²) >= 11 is 0. The zero-order valence-corrected chi connectivity index (χ0v) is 9.82. The Morgan fingerprint density at radius 1 is 1.35 bits per heavy atom. The molecule has 2 rings (SSSR count).